The standard InChI is InChI=1S/C15H22N2O4/c1-2-13(18)4-3-9-16-15(21)17-10-11-5-7-12(8-6-11)14(19)20/h5-8,13,18H,2-4,9-10H2,1H3,(H,19,20)(H2,16,17,21). The first-order valence-corrected chi connectivity index (χ1v) is 7.05. The molecule has 0 aliphatic rings. The number of amides is 2. The summed E-state index contributed by atoms with van der Waals surface area (Å²) in [4.78, 5) is 22.2. The third-order valence-corrected chi connectivity index (χ3v) is 3.12. The van der Waals surface area contributed by atoms with Crippen molar-refractivity contribution in [2.24, 2.45) is 0 Å². The van der Waals surface area contributed by atoms with Crippen molar-refractivity contribution in [1.82, 2.24) is 10.6 Å². The maximum atomic E-state index is 11.5. The van der Waals surface area contributed by atoms with E-state index in [2.05, 4.69) is 10.6 Å². The van der Waals surface area contributed by atoms with Crippen LogP contribution in [0.25, 0.3) is 0 Å². The van der Waals surface area contributed by atoms with Gasteiger partial charge in [0.2, 0.25) is 0 Å². The molecule has 1 aromatic rings. The van der Waals surface area contributed by atoms with Crippen LogP contribution in [-0.4, -0.2) is 34.9 Å². The number of benzene rings is 1. The van der Waals surface area contributed by atoms with Gasteiger partial charge in [0.25, 0.3) is 0 Å². The molecule has 1 atom stereocenters. The van der Waals surface area contributed by atoms with Gasteiger partial charge in [0.15, 0.2) is 0 Å². The summed E-state index contributed by atoms with van der Waals surface area (Å²) < 4.78 is 0. The normalized spacial score (nSPS) is 11.7. The Morgan fingerprint density at radius 2 is 1.86 bits per heavy atom. The minimum absolute atomic E-state index is 0.220. The van der Waals surface area contributed by atoms with Crippen molar-refractivity contribution in [1.29, 1.82) is 0 Å². The monoisotopic (exact) mass is 294 g/mol. The van der Waals surface area contributed by atoms with Crippen LogP contribution in [0.4, 0.5) is 4.79 Å². The minimum atomic E-state index is -0.971. The van der Waals surface area contributed by atoms with E-state index in [9.17, 15) is 14.7 Å². The second kappa shape index (κ2) is 8.97. The molecule has 1 rings (SSSR count). The Kier molecular flexibility index (Phi) is 7.25. The van der Waals surface area contributed by atoms with Crippen molar-refractivity contribution >= 4 is 12.0 Å². The number of carboxylic acid groups (broad SMARTS) is 1. The third kappa shape index (κ3) is 6.76. The number of hydrogen-bond donors (Lipinski definition) is 4. The number of carbonyl (C=O) groups excluding carboxylic acids is 1. The lowest BCUT2D eigenvalue weighted by molar-refractivity contribution is 0.0697. The largest absolute Gasteiger partial charge is 0.478 e. The second-order valence-electron chi connectivity index (χ2n) is 4.82. The van der Waals surface area contributed by atoms with Crippen molar-refractivity contribution in [2.75, 3.05) is 6.54 Å². The van der Waals surface area contributed by atoms with Crippen LogP contribution in [0.2, 0.25) is 0 Å². The van der Waals surface area contributed by atoms with Crippen LogP contribution in [0, 0.1) is 0 Å². The van der Waals surface area contributed by atoms with Gasteiger partial charge < -0.3 is 20.8 Å². The van der Waals surface area contributed by atoms with Gasteiger partial charge in [0.1, 0.15) is 0 Å². The molecule has 6 nitrogen and oxygen atoms in total. The Balaban J connectivity index is 2.22. The van der Waals surface area contributed by atoms with E-state index in [1.54, 1.807) is 12.1 Å². The lowest BCUT2D eigenvalue weighted by atomic mass is 10.1. The van der Waals surface area contributed by atoms with Crippen LogP contribution >= 0.6 is 0 Å². The van der Waals surface area contributed by atoms with Gasteiger partial charge >= 0.3 is 12.0 Å². The zero-order valence-electron chi connectivity index (χ0n) is 12.1. The molecule has 4 N–H and O–H groups in total. The number of aromatic carboxylic acids is 1. The summed E-state index contributed by atoms with van der Waals surface area (Å²) in [5, 5.41) is 23.5. The molecule has 1 unspecified atom stereocenters. The van der Waals surface area contributed by atoms with Crippen LogP contribution in [-0.2, 0) is 6.54 Å². The molecule has 1 aromatic carbocycles. The topological polar surface area (TPSA) is 98.7 Å². The summed E-state index contributed by atoms with van der Waals surface area (Å²) in [6, 6.07) is 6.07. The molecule has 0 aromatic heterocycles. The number of carboxylic acids is 1. The molecule has 0 fully saturated rings. The predicted octanol–water partition coefficient (Wildman–Crippen LogP) is 1.74. The van der Waals surface area contributed by atoms with E-state index in [0.717, 1.165) is 18.4 Å². The Bertz CT molecular complexity index is 459. The highest BCUT2D eigenvalue weighted by molar-refractivity contribution is 5.87. The molecular formula is C15H22N2O4. The van der Waals surface area contributed by atoms with Gasteiger partial charge in [0, 0.05) is 13.1 Å². The average molecular weight is 294 g/mol. The molecule has 0 spiro atoms. The molecule has 0 bridgehead atoms. The number of nitrogens with one attached hydrogen (secondary N) is 2. The number of rotatable bonds is 8. The van der Waals surface area contributed by atoms with E-state index in [1.165, 1.54) is 12.1 Å². The lowest BCUT2D eigenvalue weighted by Crippen LogP contribution is -2.35. The van der Waals surface area contributed by atoms with Crippen molar-refractivity contribution in [3.05, 3.63) is 35.4 Å². The summed E-state index contributed by atoms with van der Waals surface area (Å²) in [6.07, 6.45) is 1.82. The Morgan fingerprint density at radius 3 is 2.43 bits per heavy atom. The highest BCUT2D eigenvalue weighted by Crippen LogP contribution is 2.04. The van der Waals surface area contributed by atoms with Crippen LogP contribution in [0.5, 0.6) is 0 Å². The first kappa shape index (κ1) is 17.0. The zero-order chi connectivity index (χ0) is 15.7. The molecule has 2 amide bonds. The molecule has 0 aliphatic heterocycles. The number of urea groups is 1. The molecule has 21 heavy (non-hydrogen) atoms. The first-order chi connectivity index (χ1) is 10.0. The Hall–Kier alpha value is -2.08. The van der Waals surface area contributed by atoms with Crippen LogP contribution in [0.1, 0.15) is 42.1 Å². The van der Waals surface area contributed by atoms with Gasteiger partial charge in [-0.2, -0.15) is 0 Å². The van der Waals surface area contributed by atoms with E-state index in [0.29, 0.717) is 19.5 Å². The lowest BCUT2D eigenvalue weighted by Gasteiger charge is -2.09. The number of carbonyl (C=O) groups is 2. The predicted molar refractivity (Wildman–Crippen MR) is 79.2 cm³/mol. The molecule has 116 valence electrons. The molecule has 6 heteroatoms. The minimum Gasteiger partial charge on any atom is -0.478 e. The molecule has 0 aliphatic carbocycles. The summed E-state index contributed by atoms with van der Waals surface area (Å²) in [5.41, 5.74) is 1.05. The van der Waals surface area contributed by atoms with Crippen molar-refractivity contribution in [3.8, 4) is 0 Å². The van der Waals surface area contributed by atoms with E-state index in [-0.39, 0.29) is 17.7 Å². The van der Waals surface area contributed by atoms with E-state index in [1.807, 2.05) is 6.92 Å². The van der Waals surface area contributed by atoms with E-state index >= 15 is 0 Å². The van der Waals surface area contributed by atoms with Gasteiger partial charge in [-0.1, -0.05) is 19.1 Å². The first-order valence-electron chi connectivity index (χ1n) is 7.05. The summed E-state index contributed by atoms with van der Waals surface area (Å²) in [5.74, 6) is -0.971. The molecule has 0 saturated heterocycles. The molecule has 0 radical (unpaired) electrons. The van der Waals surface area contributed by atoms with Gasteiger partial charge in [-0.3, -0.25) is 0 Å². The average Bonchev–Trinajstić information content (AvgIpc) is 2.49. The van der Waals surface area contributed by atoms with Crippen molar-refractivity contribution in [2.45, 2.75) is 38.8 Å². The smallest absolute Gasteiger partial charge is 0.335 e. The Morgan fingerprint density at radius 1 is 1.19 bits per heavy atom. The summed E-state index contributed by atoms with van der Waals surface area (Å²) in [6.45, 7) is 2.77. The third-order valence-electron chi connectivity index (χ3n) is 3.12. The Labute approximate surface area is 124 Å². The highest BCUT2D eigenvalue weighted by atomic mass is 16.4. The zero-order valence-corrected chi connectivity index (χ0v) is 12.1. The van der Waals surface area contributed by atoms with E-state index in [4.69, 9.17) is 5.11 Å². The van der Waals surface area contributed by atoms with Crippen molar-refractivity contribution < 1.29 is 19.8 Å². The van der Waals surface area contributed by atoms with Crippen LogP contribution in [0.3, 0.4) is 0 Å². The fourth-order valence-electron chi connectivity index (χ4n) is 1.75. The van der Waals surface area contributed by atoms with Crippen LogP contribution in [0.15, 0.2) is 24.3 Å². The van der Waals surface area contributed by atoms with Gasteiger partial charge in [-0.05, 0) is 37.0 Å². The molecule has 0 heterocycles. The van der Waals surface area contributed by atoms with Gasteiger partial charge in [0.05, 0.1) is 11.7 Å². The van der Waals surface area contributed by atoms with Crippen LogP contribution < -0.4 is 10.6 Å². The molecule has 0 saturated carbocycles. The molecular weight excluding hydrogens is 272 g/mol. The van der Waals surface area contributed by atoms with E-state index < -0.39 is 5.97 Å². The SMILES string of the molecule is CCC(O)CCCNC(=O)NCc1ccc(C(=O)O)cc1. The van der Waals surface area contributed by atoms with Gasteiger partial charge in [-0.15, -0.1) is 0 Å². The highest BCUT2D eigenvalue weighted by Gasteiger charge is 2.04. The fraction of sp³-hybridized carbons (Fsp3) is 0.467. The fourth-order valence-corrected chi connectivity index (χ4v) is 1.75. The van der Waals surface area contributed by atoms with Crippen molar-refractivity contribution in [3.63, 3.8) is 0 Å². The maximum absolute atomic E-state index is 11.5. The quantitative estimate of drug-likeness (QED) is 0.549. The number of hydrogen-bond acceptors (Lipinski definition) is 3. The summed E-state index contributed by atoms with van der Waals surface area (Å²) in [7, 11) is 0. The second-order valence-corrected chi connectivity index (χ2v) is 4.82. The maximum Gasteiger partial charge on any atom is 0.335 e. The summed E-state index contributed by atoms with van der Waals surface area (Å²) >= 11 is 0. The van der Waals surface area contributed by atoms with Gasteiger partial charge in [-0.25, -0.2) is 9.59 Å². The number of aliphatic hydroxyl groups excluding tert-OH is 1. The number of aliphatic hydroxyl groups is 1.